The molecule has 3 atom stereocenters. The lowest BCUT2D eigenvalue weighted by molar-refractivity contribution is 0.395. The van der Waals surface area contributed by atoms with E-state index in [0.29, 0.717) is 27.8 Å². The standard InChI is InChI=1S/C26H24ClFN2O4S/c1-33-15-9-11-23(24(13-15)34-2)30-35(31,32)16-10-12-22-19(14-16)17-5-3-6-18(17)26(29-22)25-20(27)7-4-8-21(25)28/h3-5,7-14,17-18,26,29-30H,6H2,1-2H3/t17-,18+,26-/m0/s1. The van der Waals surface area contributed by atoms with Gasteiger partial charge in [0.25, 0.3) is 10.0 Å². The average Bonchev–Trinajstić information content (AvgIpc) is 3.34. The molecule has 5 rings (SSSR count). The van der Waals surface area contributed by atoms with Gasteiger partial charge in [-0.3, -0.25) is 4.72 Å². The molecule has 0 saturated carbocycles. The molecule has 1 aliphatic carbocycles. The molecule has 0 amide bonds. The maximum atomic E-state index is 14.8. The molecule has 0 bridgehead atoms. The maximum absolute atomic E-state index is 14.8. The summed E-state index contributed by atoms with van der Waals surface area (Å²) in [6.07, 6.45) is 4.84. The number of ether oxygens (including phenoxy) is 2. The van der Waals surface area contributed by atoms with Crippen molar-refractivity contribution in [1.82, 2.24) is 0 Å². The monoisotopic (exact) mass is 514 g/mol. The van der Waals surface area contributed by atoms with Crippen molar-refractivity contribution in [2.24, 2.45) is 5.92 Å². The third-order valence-corrected chi connectivity index (χ3v) is 8.30. The Bertz CT molecular complexity index is 1410. The summed E-state index contributed by atoms with van der Waals surface area (Å²) in [5.41, 5.74) is 2.33. The fourth-order valence-electron chi connectivity index (χ4n) is 4.92. The van der Waals surface area contributed by atoms with Crippen molar-refractivity contribution in [3.8, 4) is 11.5 Å². The van der Waals surface area contributed by atoms with Gasteiger partial charge >= 0.3 is 0 Å². The van der Waals surface area contributed by atoms with Crippen molar-refractivity contribution in [2.45, 2.75) is 23.3 Å². The Hall–Kier alpha value is -3.23. The van der Waals surface area contributed by atoms with Gasteiger partial charge in [0, 0.05) is 28.3 Å². The first kappa shape index (κ1) is 23.5. The van der Waals surface area contributed by atoms with Crippen LogP contribution in [0, 0.1) is 11.7 Å². The number of halogens is 2. The quantitative estimate of drug-likeness (QED) is 0.387. The van der Waals surface area contributed by atoms with Crippen LogP contribution < -0.4 is 19.5 Å². The molecule has 0 fully saturated rings. The largest absolute Gasteiger partial charge is 0.497 e. The van der Waals surface area contributed by atoms with Crippen molar-refractivity contribution in [3.63, 3.8) is 0 Å². The lowest BCUT2D eigenvalue weighted by Crippen LogP contribution is -2.30. The molecule has 3 aromatic rings. The van der Waals surface area contributed by atoms with Crippen LogP contribution in [0.3, 0.4) is 0 Å². The summed E-state index contributed by atoms with van der Waals surface area (Å²) < 4.78 is 54.4. The molecule has 0 radical (unpaired) electrons. The molecular weight excluding hydrogens is 491 g/mol. The fraction of sp³-hybridized carbons (Fsp3) is 0.231. The normalized spacial score (nSPS) is 20.5. The van der Waals surface area contributed by atoms with Gasteiger partial charge in [-0.2, -0.15) is 0 Å². The number of anilines is 2. The van der Waals surface area contributed by atoms with Crippen LogP contribution in [0.4, 0.5) is 15.8 Å². The summed E-state index contributed by atoms with van der Waals surface area (Å²) in [5, 5.41) is 3.78. The number of hydrogen-bond acceptors (Lipinski definition) is 5. The minimum Gasteiger partial charge on any atom is -0.497 e. The first-order chi connectivity index (χ1) is 16.8. The van der Waals surface area contributed by atoms with Crippen LogP contribution in [0.15, 0.2) is 71.6 Å². The van der Waals surface area contributed by atoms with Crippen molar-refractivity contribution in [1.29, 1.82) is 0 Å². The molecule has 6 nitrogen and oxygen atoms in total. The van der Waals surface area contributed by atoms with Crippen molar-refractivity contribution in [2.75, 3.05) is 24.3 Å². The summed E-state index contributed by atoms with van der Waals surface area (Å²) in [6.45, 7) is 0. The second-order valence-electron chi connectivity index (χ2n) is 8.53. The molecule has 2 N–H and O–H groups in total. The molecule has 0 aromatic heterocycles. The molecule has 182 valence electrons. The van der Waals surface area contributed by atoms with Crippen LogP contribution in [-0.4, -0.2) is 22.6 Å². The van der Waals surface area contributed by atoms with Crippen LogP contribution in [0.5, 0.6) is 11.5 Å². The van der Waals surface area contributed by atoms with Gasteiger partial charge in [0.05, 0.1) is 30.8 Å². The fourth-order valence-corrected chi connectivity index (χ4v) is 6.31. The van der Waals surface area contributed by atoms with Gasteiger partial charge < -0.3 is 14.8 Å². The predicted molar refractivity (Wildman–Crippen MR) is 135 cm³/mol. The summed E-state index contributed by atoms with van der Waals surface area (Å²) in [4.78, 5) is 0.123. The lowest BCUT2D eigenvalue weighted by Gasteiger charge is -2.38. The zero-order chi connectivity index (χ0) is 24.7. The molecule has 0 saturated heterocycles. The van der Waals surface area contributed by atoms with Gasteiger partial charge in [0.2, 0.25) is 0 Å². The third-order valence-electron chi connectivity index (χ3n) is 6.61. The molecule has 1 heterocycles. The number of nitrogens with one attached hydrogen (secondary N) is 2. The van der Waals surface area contributed by atoms with E-state index in [1.807, 2.05) is 0 Å². The second-order valence-corrected chi connectivity index (χ2v) is 10.6. The molecule has 9 heteroatoms. The van der Waals surface area contributed by atoms with E-state index < -0.39 is 10.0 Å². The summed E-state index contributed by atoms with van der Waals surface area (Å²) in [6, 6.07) is 14.1. The van der Waals surface area contributed by atoms with Crippen molar-refractivity contribution < 1.29 is 22.3 Å². The Labute approximate surface area is 208 Å². The molecular formula is C26H24ClFN2O4S. The van der Waals surface area contributed by atoms with E-state index in [0.717, 1.165) is 17.7 Å². The Morgan fingerprint density at radius 3 is 2.66 bits per heavy atom. The van der Waals surface area contributed by atoms with E-state index in [-0.39, 0.29) is 28.6 Å². The Kier molecular flexibility index (Phi) is 6.11. The minimum absolute atomic E-state index is 0.00416. The number of fused-ring (bicyclic) bond motifs is 3. The van der Waals surface area contributed by atoms with Gasteiger partial charge in [-0.15, -0.1) is 0 Å². The SMILES string of the molecule is COc1ccc(NS(=O)(=O)c2ccc3c(c2)[C@H]2C=CC[C@H]2[C@@H](c2c(F)cccc2Cl)N3)c(OC)c1. The van der Waals surface area contributed by atoms with Gasteiger partial charge in [-0.05, 0) is 60.4 Å². The van der Waals surface area contributed by atoms with E-state index >= 15 is 0 Å². The lowest BCUT2D eigenvalue weighted by atomic mass is 9.77. The van der Waals surface area contributed by atoms with Gasteiger partial charge in [0.15, 0.2) is 0 Å². The molecule has 2 aliphatic rings. The van der Waals surface area contributed by atoms with E-state index in [1.165, 1.54) is 26.4 Å². The first-order valence-corrected chi connectivity index (χ1v) is 12.9. The highest BCUT2D eigenvalue weighted by Gasteiger charge is 2.40. The van der Waals surface area contributed by atoms with E-state index in [2.05, 4.69) is 22.2 Å². The van der Waals surface area contributed by atoms with E-state index in [1.54, 1.807) is 42.5 Å². The molecule has 35 heavy (non-hydrogen) atoms. The number of allylic oxidation sites excluding steroid dienone is 2. The van der Waals surface area contributed by atoms with Crippen LogP contribution in [0.25, 0.3) is 0 Å². The predicted octanol–water partition coefficient (Wildman–Crippen LogP) is 6.12. The number of hydrogen-bond donors (Lipinski definition) is 2. The zero-order valence-electron chi connectivity index (χ0n) is 19.1. The summed E-state index contributed by atoms with van der Waals surface area (Å²) in [7, 11) is -0.927. The summed E-state index contributed by atoms with van der Waals surface area (Å²) >= 11 is 6.38. The highest BCUT2D eigenvalue weighted by Crippen LogP contribution is 2.51. The highest BCUT2D eigenvalue weighted by molar-refractivity contribution is 7.92. The Balaban J connectivity index is 1.50. The topological polar surface area (TPSA) is 76.7 Å². The third kappa shape index (κ3) is 4.21. The number of methoxy groups -OCH3 is 2. The molecule has 1 aliphatic heterocycles. The number of benzene rings is 3. The van der Waals surface area contributed by atoms with Crippen molar-refractivity contribution >= 4 is 33.0 Å². The smallest absolute Gasteiger partial charge is 0.262 e. The first-order valence-electron chi connectivity index (χ1n) is 11.1. The number of rotatable bonds is 6. The molecule has 0 spiro atoms. The van der Waals surface area contributed by atoms with Crippen molar-refractivity contribution in [3.05, 3.63) is 88.7 Å². The Morgan fingerprint density at radius 2 is 1.91 bits per heavy atom. The van der Waals surface area contributed by atoms with Crippen LogP contribution in [0.1, 0.15) is 29.5 Å². The average molecular weight is 515 g/mol. The van der Waals surface area contributed by atoms with Crippen LogP contribution >= 0.6 is 11.6 Å². The minimum atomic E-state index is -3.91. The van der Waals surface area contributed by atoms with Gasteiger partial charge in [-0.25, -0.2) is 12.8 Å². The van der Waals surface area contributed by atoms with Gasteiger partial charge in [0.1, 0.15) is 17.3 Å². The van der Waals surface area contributed by atoms with Crippen LogP contribution in [0.2, 0.25) is 5.02 Å². The van der Waals surface area contributed by atoms with Gasteiger partial charge in [-0.1, -0.05) is 29.8 Å². The summed E-state index contributed by atoms with van der Waals surface area (Å²) in [5.74, 6) is 0.465. The van der Waals surface area contributed by atoms with Crippen LogP contribution in [-0.2, 0) is 10.0 Å². The molecule has 3 aromatic carbocycles. The highest BCUT2D eigenvalue weighted by atomic mass is 35.5. The number of sulfonamides is 1. The molecule has 0 unspecified atom stereocenters. The van der Waals surface area contributed by atoms with E-state index in [4.69, 9.17) is 21.1 Å². The maximum Gasteiger partial charge on any atom is 0.262 e. The zero-order valence-corrected chi connectivity index (χ0v) is 20.7. The second kappa shape index (κ2) is 9.09. The Morgan fingerprint density at radius 1 is 1.09 bits per heavy atom. The van der Waals surface area contributed by atoms with E-state index in [9.17, 15) is 12.8 Å².